The standard InChI is InChI=1S/C28H26N2O3S/c1-22-13-11-12-20-26(22)28(23-14-5-2-6-15-23)29-27(31)21-30(24-16-7-3-8-17-24)34(32,33)25-18-9-4-10-19-25/h2-20,28H,21H2,1H3,(H,29,31)/t28-/m0/s1. The van der Waals surface area contributed by atoms with E-state index in [1.165, 1.54) is 12.1 Å². The number of hydrogen-bond acceptors (Lipinski definition) is 3. The van der Waals surface area contributed by atoms with Crippen molar-refractivity contribution in [3.8, 4) is 0 Å². The van der Waals surface area contributed by atoms with Crippen molar-refractivity contribution in [1.29, 1.82) is 0 Å². The molecule has 5 nitrogen and oxygen atoms in total. The van der Waals surface area contributed by atoms with Crippen LogP contribution in [0, 0.1) is 6.92 Å². The highest BCUT2D eigenvalue weighted by molar-refractivity contribution is 7.92. The fourth-order valence-corrected chi connectivity index (χ4v) is 5.30. The van der Waals surface area contributed by atoms with Gasteiger partial charge in [0.2, 0.25) is 5.91 Å². The Morgan fingerprint density at radius 3 is 1.91 bits per heavy atom. The van der Waals surface area contributed by atoms with Gasteiger partial charge in [0.25, 0.3) is 10.0 Å². The number of benzene rings is 4. The Balaban J connectivity index is 1.68. The maximum Gasteiger partial charge on any atom is 0.264 e. The van der Waals surface area contributed by atoms with E-state index in [0.717, 1.165) is 21.0 Å². The quantitative estimate of drug-likeness (QED) is 0.390. The van der Waals surface area contributed by atoms with E-state index >= 15 is 0 Å². The second-order valence-corrected chi connectivity index (χ2v) is 9.79. The summed E-state index contributed by atoms with van der Waals surface area (Å²) in [5.41, 5.74) is 3.34. The van der Waals surface area contributed by atoms with Gasteiger partial charge in [-0.2, -0.15) is 0 Å². The molecule has 0 radical (unpaired) electrons. The van der Waals surface area contributed by atoms with Crippen molar-refractivity contribution in [1.82, 2.24) is 5.32 Å². The third-order valence-corrected chi connectivity index (χ3v) is 7.39. The molecule has 0 bridgehead atoms. The molecule has 0 heterocycles. The Bertz CT molecular complexity index is 1340. The van der Waals surface area contributed by atoms with Gasteiger partial charge in [-0.3, -0.25) is 9.10 Å². The Labute approximate surface area is 200 Å². The van der Waals surface area contributed by atoms with Gasteiger partial charge in [-0.05, 0) is 47.9 Å². The molecule has 172 valence electrons. The van der Waals surface area contributed by atoms with Gasteiger partial charge in [-0.15, -0.1) is 0 Å². The number of carbonyl (C=O) groups is 1. The van der Waals surface area contributed by atoms with Crippen LogP contribution in [0.1, 0.15) is 22.7 Å². The second-order valence-electron chi connectivity index (χ2n) is 7.93. The third-order valence-electron chi connectivity index (χ3n) is 5.60. The summed E-state index contributed by atoms with van der Waals surface area (Å²) in [5, 5.41) is 3.07. The molecule has 4 aromatic rings. The number of sulfonamides is 1. The predicted molar refractivity (Wildman–Crippen MR) is 135 cm³/mol. The lowest BCUT2D eigenvalue weighted by Crippen LogP contribution is -2.42. The number of nitrogens with one attached hydrogen (secondary N) is 1. The van der Waals surface area contributed by atoms with Crippen LogP contribution in [-0.4, -0.2) is 20.9 Å². The fourth-order valence-electron chi connectivity index (χ4n) is 3.86. The molecule has 0 aliphatic rings. The van der Waals surface area contributed by atoms with Crippen molar-refractivity contribution in [3.63, 3.8) is 0 Å². The van der Waals surface area contributed by atoms with Crippen LogP contribution >= 0.6 is 0 Å². The first-order valence-electron chi connectivity index (χ1n) is 11.0. The molecule has 0 saturated carbocycles. The van der Waals surface area contributed by atoms with Crippen LogP contribution in [0.25, 0.3) is 0 Å². The van der Waals surface area contributed by atoms with Crippen LogP contribution in [0.5, 0.6) is 0 Å². The number of para-hydroxylation sites is 1. The zero-order chi connectivity index (χ0) is 24.0. The maximum atomic E-state index is 13.5. The van der Waals surface area contributed by atoms with E-state index < -0.39 is 22.0 Å². The molecule has 0 saturated heterocycles. The molecular weight excluding hydrogens is 444 g/mol. The van der Waals surface area contributed by atoms with Crippen molar-refractivity contribution in [2.45, 2.75) is 17.9 Å². The molecule has 0 unspecified atom stereocenters. The topological polar surface area (TPSA) is 66.5 Å². The first-order chi connectivity index (χ1) is 16.5. The second kappa shape index (κ2) is 10.4. The summed E-state index contributed by atoms with van der Waals surface area (Å²) in [6.45, 7) is 1.64. The number of nitrogens with zero attached hydrogens (tertiary/aromatic N) is 1. The highest BCUT2D eigenvalue weighted by Gasteiger charge is 2.28. The molecule has 1 N–H and O–H groups in total. The lowest BCUT2D eigenvalue weighted by atomic mass is 9.95. The summed E-state index contributed by atoms with van der Waals surface area (Å²) < 4.78 is 28.1. The van der Waals surface area contributed by atoms with Gasteiger partial charge in [0, 0.05) is 0 Å². The fraction of sp³-hybridized carbons (Fsp3) is 0.107. The van der Waals surface area contributed by atoms with Crippen molar-refractivity contribution in [3.05, 3.63) is 132 Å². The maximum absolute atomic E-state index is 13.5. The van der Waals surface area contributed by atoms with Crippen molar-refractivity contribution in [2.24, 2.45) is 0 Å². The van der Waals surface area contributed by atoms with E-state index in [1.807, 2.05) is 61.5 Å². The Hall–Kier alpha value is -3.90. The van der Waals surface area contributed by atoms with E-state index in [0.29, 0.717) is 5.69 Å². The summed E-state index contributed by atoms with van der Waals surface area (Å²) in [7, 11) is -3.95. The molecule has 0 aromatic heterocycles. The van der Waals surface area contributed by atoms with Crippen LogP contribution in [0.15, 0.2) is 120 Å². The number of hydrogen-bond donors (Lipinski definition) is 1. The first-order valence-corrected chi connectivity index (χ1v) is 12.4. The molecule has 0 aliphatic heterocycles. The van der Waals surface area contributed by atoms with Gasteiger partial charge in [0.15, 0.2) is 0 Å². The molecule has 0 spiro atoms. The highest BCUT2D eigenvalue weighted by Crippen LogP contribution is 2.26. The molecular formula is C28H26N2O3S. The Morgan fingerprint density at radius 1 is 0.765 bits per heavy atom. The van der Waals surface area contributed by atoms with Gasteiger partial charge in [-0.25, -0.2) is 8.42 Å². The van der Waals surface area contributed by atoms with Gasteiger partial charge < -0.3 is 5.32 Å². The van der Waals surface area contributed by atoms with E-state index in [9.17, 15) is 13.2 Å². The van der Waals surface area contributed by atoms with Gasteiger partial charge in [0.1, 0.15) is 6.54 Å². The SMILES string of the molecule is Cc1ccccc1[C@@H](NC(=O)CN(c1ccccc1)S(=O)(=O)c1ccccc1)c1ccccc1. The lowest BCUT2D eigenvalue weighted by molar-refractivity contribution is -0.120. The summed E-state index contributed by atoms with van der Waals surface area (Å²) >= 11 is 0. The lowest BCUT2D eigenvalue weighted by Gasteiger charge is -2.26. The smallest absolute Gasteiger partial charge is 0.264 e. The minimum atomic E-state index is -3.95. The number of amides is 1. The summed E-state index contributed by atoms with van der Waals surface area (Å²) in [6.07, 6.45) is 0. The van der Waals surface area contributed by atoms with Crippen molar-refractivity contribution < 1.29 is 13.2 Å². The summed E-state index contributed by atoms with van der Waals surface area (Å²) in [4.78, 5) is 13.5. The van der Waals surface area contributed by atoms with Crippen LogP contribution in [-0.2, 0) is 14.8 Å². The van der Waals surface area contributed by atoms with Crippen LogP contribution in [0.2, 0.25) is 0 Å². The van der Waals surface area contributed by atoms with Crippen molar-refractivity contribution in [2.75, 3.05) is 10.8 Å². The molecule has 6 heteroatoms. The zero-order valence-corrected chi connectivity index (χ0v) is 19.7. The number of rotatable bonds is 8. The normalized spacial score (nSPS) is 12.0. The first kappa shape index (κ1) is 23.3. The summed E-state index contributed by atoms with van der Waals surface area (Å²) in [5.74, 6) is -0.402. The molecule has 1 atom stereocenters. The largest absolute Gasteiger partial charge is 0.344 e. The van der Waals surface area contributed by atoms with E-state index in [-0.39, 0.29) is 11.4 Å². The minimum Gasteiger partial charge on any atom is -0.344 e. The monoisotopic (exact) mass is 470 g/mol. The number of aryl methyl sites for hydroxylation is 1. The molecule has 4 aromatic carbocycles. The molecule has 1 amide bonds. The highest BCUT2D eigenvalue weighted by atomic mass is 32.2. The van der Waals surface area contributed by atoms with Crippen LogP contribution in [0.4, 0.5) is 5.69 Å². The Kier molecular flexibility index (Phi) is 7.09. The molecule has 4 rings (SSSR count). The zero-order valence-electron chi connectivity index (χ0n) is 18.8. The third kappa shape index (κ3) is 5.18. The Morgan fingerprint density at radius 2 is 1.29 bits per heavy atom. The molecule has 0 aliphatic carbocycles. The average Bonchev–Trinajstić information content (AvgIpc) is 2.88. The van der Waals surface area contributed by atoms with E-state index in [4.69, 9.17) is 0 Å². The molecule has 0 fully saturated rings. The van der Waals surface area contributed by atoms with Gasteiger partial charge in [-0.1, -0.05) is 91.0 Å². The van der Waals surface area contributed by atoms with Gasteiger partial charge >= 0.3 is 0 Å². The minimum absolute atomic E-state index is 0.130. The summed E-state index contributed by atoms with van der Waals surface area (Å²) in [6, 6.07) is 33.9. The van der Waals surface area contributed by atoms with Crippen molar-refractivity contribution >= 4 is 21.6 Å². The average molecular weight is 471 g/mol. The van der Waals surface area contributed by atoms with E-state index in [2.05, 4.69) is 5.32 Å². The number of carbonyl (C=O) groups excluding carboxylic acids is 1. The van der Waals surface area contributed by atoms with Crippen LogP contribution in [0.3, 0.4) is 0 Å². The van der Waals surface area contributed by atoms with Gasteiger partial charge in [0.05, 0.1) is 16.6 Å². The number of anilines is 1. The van der Waals surface area contributed by atoms with Crippen LogP contribution < -0.4 is 9.62 Å². The molecule has 34 heavy (non-hydrogen) atoms. The predicted octanol–water partition coefficient (Wildman–Crippen LogP) is 5.10. The van der Waals surface area contributed by atoms with E-state index in [1.54, 1.807) is 48.5 Å².